The van der Waals surface area contributed by atoms with Gasteiger partial charge in [-0.05, 0) is 18.2 Å². The predicted octanol–water partition coefficient (Wildman–Crippen LogP) is 0.151. The van der Waals surface area contributed by atoms with E-state index >= 15 is 0 Å². The van der Waals surface area contributed by atoms with Crippen molar-refractivity contribution in [2.75, 3.05) is 7.11 Å². The van der Waals surface area contributed by atoms with E-state index in [0.717, 1.165) is 18.2 Å². The number of fused-ring (bicyclic) bond motifs is 1. The number of aromatic hydroxyl groups is 2. The van der Waals surface area contributed by atoms with Crippen LogP contribution in [0.2, 0.25) is 0 Å². The minimum Gasteiger partial charge on any atom is -0.508 e. The predicted molar refractivity (Wildman–Crippen MR) is 113 cm³/mol. The third-order valence-corrected chi connectivity index (χ3v) is 5.30. The van der Waals surface area contributed by atoms with Crippen molar-refractivity contribution < 1.29 is 54.1 Å². The maximum atomic E-state index is 12.9. The highest BCUT2D eigenvalue weighted by atomic mass is 16.7. The number of hydrogen-bond donors (Lipinski definition) is 6. The van der Waals surface area contributed by atoms with E-state index in [2.05, 4.69) is 0 Å². The van der Waals surface area contributed by atoms with Crippen molar-refractivity contribution in [3.05, 3.63) is 46.6 Å². The number of ether oxygens (including phenoxy) is 3. The molecule has 4 rings (SSSR count). The molecule has 0 bridgehead atoms. The molecular formula is C22H20O12. The van der Waals surface area contributed by atoms with Gasteiger partial charge < -0.3 is 49.3 Å². The van der Waals surface area contributed by atoms with Gasteiger partial charge in [0.2, 0.25) is 6.29 Å². The highest BCUT2D eigenvalue weighted by molar-refractivity contribution is 5.86. The van der Waals surface area contributed by atoms with Gasteiger partial charge in [0.25, 0.3) is 0 Å². The Balaban J connectivity index is 1.75. The number of aliphatic hydroxyl groups is 3. The zero-order valence-electron chi connectivity index (χ0n) is 17.5. The van der Waals surface area contributed by atoms with Crippen molar-refractivity contribution in [1.82, 2.24) is 0 Å². The molecule has 1 fully saturated rings. The standard InChI is InChI=1S/C22H20O12/c1-31-12-3-2-8(4-10(12)24)13-7-11(25)16-14(32-13)5-9(23)6-15(16)33-22-19(28)17(26)18(27)20(34-22)21(29)30/h2-7,17-20,22-24,26-28H,1H3,(H,29,30)/t17-,18-,19+,20-,22?/m0/s1. The second-order valence-electron chi connectivity index (χ2n) is 7.53. The largest absolute Gasteiger partial charge is 0.508 e. The summed E-state index contributed by atoms with van der Waals surface area (Å²) >= 11 is 0. The topological polar surface area (TPSA) is 196 Å². The molecule has 5 atom stereocenters. The van der Waals surface area contributed by atoms with E-state index in [1.165, 1.54) is 25.3 Å². The average Bonchev–Trinajstić information content (AvgIpc) is 2.78. The highest BCUT2D eigenvalue weighted by Gasteiger charge is 2.48. The van der Waals surface area contributed by atoms with E-state index < -0.39 is 47.9 Å². The number of hydrogen-bond acceptors (Lipinski definition) is 11. The Morgan fingerprint density at radius 1 is 0.971 bits per heavy atom. The summed E-state index contributed by atoms with van der Waals surface area (Å²) in [6.45, 7) is 0. The van der Waals surface area contributed by atoms with Crippen molar-refractivity contribution >= 4 is 16.9 Å². The molecule has 12 nitrogen and oxygen atoms in total. The lowest BCUT2D eigenvalue weighted by atomic mass is 9.99. The maximum absolute atomic E-state index is 12.9. The number of aliphatic carboxylic acids is 1. The fourth-order valence-corrected chi connectivity index (χ4v) is 3.59. The number of phenolic OH excluding ortho intramolecular Hbond substituents is 2. The first-order valence-corrected chi connectivity index (χ1v) is 9.88. The van der Waals surface area contributed by atoms with Crippen LogP contribution in [0.25, 0.3) is 22.3 Å². The van der Waals surface area contributed by atoms with Gasteiger partial charge in [0.1, 0.15) is 46.5 Å². The number of carbonyl (C=O) groups is 1. The van der Waals surface area contributed by atoms with E-state index in [-0.39, 0.29) is 34.0 Å². The molecule has 1 aliphatic heterocycles. The van der Waals surface area contributed by atoms with Gasteiger partial charge in [-0.1, -0.05) is 0 Å². The molecule has 1 aliphatic rings. The van der Waals surface area contributed by atoms with Crippen LogP contribution in [0.5, 0.6) is 23.0 Å². The summed E-state index contributed by atoms with van der Waals surface area (Å²) in [4.78, 5) is 24.2. The molecule has 0 aliphatic carbocycles. The van der Waals surface area contributed by atoms with Crippen LogP contribution in [0.15, 0.2) is 45.6 Å². The molecule has 2 aromatic carbocycles. The molecule has 0 spiro atoms. The second kappa shape index (κ2) is 8.83. The lowest BCUT2D eigenvalue weighted by molar-refractivity contribution is -0.270. The molecule has 34 heavy (non-hydrogen) atoms. The van der Waals surface area contributed by atoms with E-state index in [9.17, 15) is 40.2 Å². The van der Waals surface area contributed by atoms with Crippen molar-refractivity contribution in [2.45, 2.75) is 30.7 Å². The van der Waals surface area contributed by atoms with Crippen LogP contribution >= 0.6 is 0 Å². The maximum Gasteiger partial charge on any atom is 0.335 e. The quantitative estimate of drug-likeness (QED) is 0.292. The van der Waals surface area contributed by atoms with Crippen molar-refractivity contribution in [3.8, 4) is 34.3 Å². The molecule has 1 aromatic heterocycles. The van der Waals surface area contributed by atoms with Gasteiger partial charge in [0.15, 0.2) is 23.0 Å². The number of rotatable bonds is 5. The fraction of sp³-hybridized carbons (Fsp3) is 0.273. The van der Waals surface area contributed by atoms with E-state index in [4.69, 9.17) is 18.6 Å². The molecule has 0 saturated carbocycles. The van der Waals surface area contributed by atoms with Gasteiger partial charge in [-0.25, -0.2) is 4.79 Å². The van der Waals surface area contributed by atoms with Gasteiger partial charge in [-0.3, -0.25) is 4.79 Å². The summed E-state index contributed by atoms with van der Waals surface area (Å²) in [6, 6.07) is 7.56. The number of benzene rings is 2. The van der Waals surface area contributed by atoms with Crippen LogP contribution < -0.4 is 14.9 Å². The lowest BCUT2D eigenvalue weighted by Crippen LogP contribution is -2.61. The van der Waals surface area contributed by atoms with Gasteiger partial charge in [-0.2, -0.15) is 0 Å². The number of phenols is 2. The minimum atomic E-state index is -1.93. The summed E-state index contributed by atoms with van der Waals surface area (Å²) in [6.07, 6.45) is -9.45. The normalized spacial score (nSPS) is 24.6. The van der Waals surface area contributed by atoms with Gasteiger partial charge >= 0.3 is 5.97 Å². The number of aliphatic hydroxyl groups excluding tert-OH is 3. The minimum absolute atomic E-state index is 0.0467. The van der Waals surface area contributed by atoms with Crippen LogP contribution in [0, 0.1) is 0 Å². The average molecular weight is 476 g/mol. The molecule has 180 valence electrons. The van der Waals surface area contributed by atoms with Gasteiger partial charge in [0, 0.05) is 23.8 Å². The highest BCUT2D eigenvalue weighted by Crippen LogP contribution is 2.35. The van der Waals surface area contributed by atoms with Crippen LogP contribution in [0.3, 0.4) is 0 Å². The first kappa shape index (κ1) is 23.3. The molecule has 0 amide bonds. The SMILES string of the molecule is COc1ccc(-c2cc(=O)c3c(OC4O[C@H](C(=O)O)[C@@H](O)[C@H](O)[C@H]4O)cc(O)cc3o2)cc1O. The molecule has 0 radical (unpaired) electrons. The third kappa shape index (κ3) is 4.10. The summed E-state index contributed by atoms with van der Waals surface area (Å²) in [5.74, 6) is -2.28. The number of carboxylic acids is 1. The summed E-state index contributed by atoms with van der Waals surface area (Å²) < 4.78 is 21.2. The smallest absolute Gasteiger partial charge is 0.335 e. The Morgan fingerprint density at radius 3 is 2.35 bits per heavy atom. The second-order valence-corrected chi connectivity index (χ2v) is 7.53. The molecule has 2 heterocycles. The van der Waals surface area contributed by atoms with Crippen LogP contribution in [0.4, 0.5) is 0 Å². The molecule has 12 heteroatoms. The Hall–Kier alpha value is -3.84. The Bertz CT molecular complexity index is 1300. The summed E-state index contributed by atoms with van der Waals surface area (Å²) in [7, 11) is 1.38. The number of methoxy groups -OCH3 is 1. The molecule has 1 unspecified atom stereocenters. The number of carboxylic acid groups (broad SMARTS) is 1. The first-order chi connectivity index (χ1) is 16.1. The molecule has 6 N–H and O–H groups in total. The van der Waals surface area contributed by atoms with E-state index in [0.29, 0.717) is 5.56 Å². The van der Waals surface area contributed by atoms with Crippen LogP contribution in [-0.2, 0) is 9.53 Å². The Kier molecular flexibility index (Phi) is 6.06. The monoisotopic (exact) mass is 476 g/mol. The van der Waals surface area contributed by atoms with Crippen molar-refractivity contribution in [3.63, 3.8) is 0 Å². The molecule has 3 aromatic rings. The fourth-order valence-electron chi connectivity index (χ4n) is 3.59. The lowest BCUT2D eigenvalue weighted by Gasteiger charge is -2.38. The Labute approximate surface area is 190 Å². The van der Waals surface area contributed by atoms with Crippen LogP contribution in [0.1, 0.15) is 0 Å². The molecular weight excluding hydrogens is 456 g/mol. The third-order valence-electron chi connectivity index (χ3n) is 5.30. The zero-order valence-corrected chi connectivity index (χ0v) is 17.5. The van der Waals surface area contributed by atoms with E-state index in [1.807, 2.05) is 0 Å². The Morgan fingerprint density at radius 2 is 1.71 bits per heavy atom. The van der Waals surface area contributed by atoms with Gasteiger partial charge in [0.05, 0.1) is 7.11 Å². The van der Waals surface area contributed by atoms with E-state index in [1.54, 1.807) is 0 Å². The van der Waals surface area contributed by atoms with Gasteiger partial charge in [-0.15, -0.1) is 0 Å². The summed E-state index contributed by atoms with van der Waals surface area (Å²) in [5, 5.41) is 59.1. The first-order valence-electron chi connectivity index (χ1n) is 9.88. The molecule has 1 saturated heterocycles. The van der Waals surface area contributed by atoms with Crippen LogP contribution in [-0.4, -0.2) is 74.4 Å². The van der Waals surface area contributed by atoms with Crippen molar-refractivity contribution in [2.24, 2.45) is 0 Å². The summed E-state index contributed by atoms with van der Waals surface area (Å²) in [5.41, 5.74) is -0.439. The zero-order chi connectivity index (χ0) is 24.7. The van der Waals surface area contributed by atoms with Crippen molar-refractivity contribution in [1.29, 1.82) is 0 Å².